The van der Waals surface area contributed by atoms with Gasteiger partial charge in [0.05, 0.1) is 0 Å². The Kier molecular flexibility index (Phi) is 2.60. The van der Waals surface area contributed by atoms with Gasteiger partial charge in [-0.15, -0.1) is 0 Å². The quantitative estimate of drug-likeness (QED) is 0.754. The first-order chi connectivity index (χ1) is 6.72. The number of benzene rings is 1. The Bertz CT molecular complexity index is 285. The summed E-state index contributed by atoms with van der Waals surface area (Å²) >= 11 is 0. The zero-order chi connectivity index (χ0) is 10.0. The van der Waals surface area contributed by atoms with Crippen LogP contribution in [0.2, 0.25) is 0 Å². The van der Waals surface area contributed by atoms with Crippen LogP contribution in [0.15, 0.2) is 30.3 Å². The molecule has 1 heteroatoms. The molecule has 0 aliphatic carbocycles. The molecule has 1 saturated heterocycles. The van der Waals surface area contributed by atoms with Gasteiger partial charge in [0.1, 0.15) is 0 Å². The molecule has 14 heavy (non-hydrogen) atoms. The molecule has 2 atom stereocenters. The molecular weight excluding hydrogens is 170 g/mol. The van der Waals surface area contributed by atoms with E-state index in [4.69, 9.17) is 0 Å². The minimum absolute atomic E-state index is 0.307. The van der Waals surface area contributed by atoms with Crippen molar-refractivity contribution in [3.63, 3.8) is 0 Å². The van der Waals surface area contributed by atoms with E-state index in [1.54, 1.807) is 0 Å². The van der Waals surface area contributed by atoms with Crippen LogP contribution in [0, 0.1) is 0 Å². The van der Waals surface area contributed by atoms with E-state index in [2.05, 4.69) is 49.5 Å². The van der Waals surface area contributed by atoms with Gasteiger partial charge >= 0.3 is 0 Å². The van der Waals surface area contributed by atoms with Crippen molar-refractivity contribution < 1.29 is 0 Å². The van der Waals surface area contributed by atoms with E-state index in [0.29, 0.717) is 11.5 Å². The fourth-order valence-corrected chi connectivity index (χ4v) is 2.40. The molecule has 2 rings (SSSR count). The Hall–Kier alpha value is -0.820. The zero-order valence-electron chi connectivity index (χ0n) is 9.09. The monoisotopic (exact) mass is 189 g/mol. The van der Waals surface area contributed by atoms with Crippen LogP contribution >= 0.6 is 0 Å². The van der Waals surface area contributed by atoms with Crippen LogP contribution in [0.25, 0.3) is 0 Å². The van der Waals surface area contributed by atoms with Gasteiger partial charge < -0.3 is 5.32 Å². The molecule has 0 bridgehead atoms. The molecule has 76 valence electrons. The molecule has 0 radical (unpaired) electrons. The molecule has 1 N–H and O–H groups in total. The van der Waals surface area contributed by atoms with Crippen molar-refractivity contribution in [2.75, 3.05) is 6.54 Å². The second-order valence-corrected chi connectivity index (χ2v) is 4.58. The topological polar surface area (TPSA) is 12.0 Å². The molecule has 1 aliphatic rings. The molecule has 1 fully saturated rings. The lowest BCUT2D eigenvalue weighted by Gasteiger charge is -2.32. The second kappa shape index (κ2) is 3.74. The Labute approximate surface area is 86.5 Å². The summed E-state index contributed by atoms with van der Waals surface area (Å²) in [5.41, 5.74) is 1.76. The standard InChI is InChI=1S/C13H19N/c1-11(12-7-4-3-5-8-12)13(2)9-6-10-14-13/h3-5,7-8,11,14H,6,9-10H2,1-2H3/t11-,13?/m0/s1. The van der Waals surface area contributed by atoms with E-state index in [1.165, 1.54) is 24.9 Å². The number of hydrogen-bond donors (Lipinski definition) is 1. The summed E-state index contributed by atoms with van der Waals surface area (Å²) in [4.78, 5) is 0. The molecule has 1 aromatic rings. The zero-order valence-corrected chi connectivity index (χ0v) is 9.09. The van der Waals surface area contributed by atoms with Crippen LogP contribution in [0.4, 0.5) is 0 Å². The van der Waals surface area contributed by atoms with Crippen LogP contribution in [0.3, 0.4) is 0 Å². The van der Waals surface area contributed by atoms with Gasteiger partial charge in [0, 0.05) is 5.54 Å². The molecule has 1 aromatic carbocycles. The van der Waals surface area contributed by atoms with Crippen LogP contribution < -0.4 is 5.32 Å². The first-order valence-corrected chi connectivity index (χ1v) is 5.52. The maximum atomic E-state index is 3.63. The van der Waals surface area contributed by atoms with Crippen LogP contribution in [0.1, 0.15) is 38.2 Å². The highest BCUT2D eigenvalue weighted by Gasteiger charge is 2.34. The van der Waals surface area contributed by atoms with Crippen molar-refractivity contribution in [2.24, 2.45) is 0 Å². The van der Waals surface area contributed by atoms with Gasteiger partial charge in [-0.25, -0.2) is 0 Å². The highest BCUT2D eigenvalue weighted by Crippen LogP contribution is 2.34. The molecule has 1 unspecified atom stereocenters. The summed E-state index contributed by atoms with van der Waals surface area (Å²) in [5.74, 6) is 0.603. The normalized spacial score (nSPS) is 29.0. The highest BCUT2D eigenvalue weighted by atomic mass is 15.0. The number of hydrogen-bond acceptors (Lipinski definition) is 1. The molecule has 0 amide bonds. The predicted molar refractivity (Wildman–Crippen MR) is 60.5 cm³/mol. The average molecular weight is 189 g/mol. The third-order valence-electron chi connectivity index (χ3n) is 3.66. The summed E-state index contributed by atoms with van der Waals surface area (Å²) in [6, 6.07) is 10.8. The van der Waals surface area contributed by atoms with Crippen molar-refractivity contribution in [3.8, 4) is 0 Å². The smallest absolute Gasteiger partial charge is 0.0219 e. The maximum absolute atomic E-state index is 3.63. The Morgan fingerprint density at radius 3 is 2.57 bits per heavy atom. The minimum atomic E-state index is 0.307. The van der Waals surface area contributed by atoms with Crippen LogP contribution in [0.5, 0.6) is 0 Å². The van der Waals surface area contributed by atoms with Gasteiger partial charge in [0.2, 0.25) is 0 Å². The van der Waals surface area contributed by atoms with E-state index in [0.717, 1.165) is 0 Å². The molecule has 0 aromatic heterocycles. The Balaban J connectivity index is 2.19. The molecule has 0 saturated carbocycles. The van der Waals surface area contributed by atoms with Crippen molar-refractivity contribution in [3.05, 3.63) is 35.9 Å². The van der Waals surface area contributed by atoms with Crippen molar-refractivity contribution >= 4 is 0 Å². The SMILES string of the molecule is C[C@@H](c1ccccc1)C1(C)CCCN1. The molecule has 1 heterocycles. The summed E-state index contributed by atoms with van der Waals surface area (Å²) in [7, 11) is 0. The molecule has 1 aliphatic heterocycles. The predicted octanol–water partition coefficient (Wildman–Crippen LogP) is 2.93. The van der Waals surface area contributed by atoms with Gasteiger partial charge in [-0.3, -0.25) is 0 Å². The minimum Gasteiger partial charge on any atom is -0.311 e. The maximum Gasteiger partial charge on any atom is 0.0219 e. The van der Waals surface area contributed by atoms with Gasteiger partial charge in [-0.05, 0) is 37.8 Å². The largest absolute Gasteiger partial charge is 0.311 e. The van der Waals surface area contributed by atoms with E-state index < -0.39 is 0 Å². The fourth-order valence-electron chi connectivity index (χ4n) is 2.40. The lowest BCUT2D eigenvalue weighted by atomic mass is 9.81. The van der Waals surface area contributed by atoms with E-state index in [1.807, 2.05) is 0 Å². The number of rotatable bonds is 2. The highest BCUT2D eigenvalue weighted by molar-refractivity contribution is 5.23. The first-order valence-electron chi connectivity index (χ1n) is 5.52. The van der Waals surface area contributed by atoms with Crippen molar-refractivity contribution in [1.82, 2.24) is 5.32 Å². The third kappa shape index (κ3) is 1.69. The van der Waals surface area contributed by atoms with Crippen molar-refractivity contribution in [1.29, 1.82) is 0 Å². The van der Waals surface area contributed by atoms with E-state index >= 15 is 0 Å². The summed E-state index contributed by atoms with van der Waals surface area (Å²) in [6.07, 6.45) is 2.61. The first kappa shape index (κ1) is 9.72. The van der Waals surface area contributed by atoms with Crippen LogP contribution in [-0.2, 0) is 0 Å². The Morgan fingerprint density at radius 2 is 2.00 bits per heavy atom. The summed E-state index contributed by atoms with van der Waals surface area (Å²) in [5, 5.41) is 3.63. The lowest BCUT2D eigenvalue weighted by molar-refractivity contribution is 0.351. The van der Waals surface area contributed by atoms with Crippen LogP contribution in [-0.4, -0.2) is 12.1 Å². The van der Waals surface area contributed by atoms with Gasteiger partial charge in [-0.2, -0.15) is 0 Å². The molecule has 0 spiro atoms. The van der Waals surface area contributed by atoms with Gasteiger partial charge in [-0.1, -0.05) is 37.3 Å². The van der Waals surface area contributed by atoms with Gasteiger partial charge in [0.15, 0.2) is 0 Å². The summed E-state index contributed by atoms with van der Waals surface area (Å²) < 4.78 is 0. The average Bonchev–Trinajstić information content (AvgIpc) is 2.67. The fraction of sp³-hybridized carbons (Fsp3) is 0.538. The molecular formula is C13H19N. The van der Waals surface area contributed by atoms with E-state index in [9.17, 15) is 0 Å². The van der Waals surface area contributed by atoms with E-state index in [-0.39, 0.29) is 0 Å². The third-order valence-corrected chi connectivity index (χ3v) is 3.66. The molecule has 1 nitrogen and oxygen atoms in total. The van der Waals surface area contributed by atoms with Crippen molar-refractivity contribution in [2.45, 2.75) is 38.1 Å². The lowest BCUT2D eigenvalue weighted by Crippen LogP contribution is -2.41. The Morgan fingerprint density at radius 1 is 1.29 bits per heavy atom. The number of nitrogens with one attached hydrogen (secondary N) is 1. The summed E-state index contributed by atoms with van der Waals surface area (Å²) in [6.45, 7) is 5.85. The second-order valence-electron chi connectivity index (χ2n) is 4.58. The van der Waals surface area contributed by atoms with Gasteiger partial charge in [0.25, 0.3) is 0 Å².